The lowest BCUT2D eigenvalue weighted by molar-refractivity contribution is -0.385. The van der Waals surface area contributed by atoms with Crippen LogP contribution in [0.25, 0.3) is 0 Å². The number of aliphatic imine (C=N–C) groups is 1. The summed E-state index contributed by atoms with van der Waals surface area (Å²) in [7, 11) is 0. The standard InChI is InChI=1S/C21H20FN3O4S/c1-13-10-29-12-21(16-9-15(25(27)28)7-8-18(16)22)17(13)11-30-20(24-21)23-19(26)14-5-3-2-4-6-14/h2-9,13,17H,10-12H2,1H3,(H,23,24,26)/t13-,17-,21-/m1/s1. The van der Waals surface area contributed by atoms with Crippen molar-refractivity contribution in [3.63, 3.8) is 0 Å². The molecule has 3 atom stereocenters. The van der Waals surface area contributed by atoms with Crippen LogP contribution in [0.15, 0.2) is 53.5 Å². The molecule has 1 amide bonds. The smallest absolute Gasteiger partial charge is 0.270 e. The Morgan fingerprint density at radius 1 is 1.33 bits per heavy atom. The van der Waals surface area contributed by atoms with Gasteiger partial charge in [-0.25, -0.2) is 9.38 Å². The van der Waals surface area contributed by atoms with Crippen molar-refractivity contribution in [1.82, 2.24) is 5.32 Å². The molecule has 156 valence electrons. The van der Waals surface area contributed by atoms with Crippen molar-refractivity contribution in [3.05, 3.63) is 75.6 Å². The highest BCUT2D eigenvalue weighted by Crippen LogP contribution is 2.48. The Bertz CT molecular complexity index is 1020. The molecule has 2 aromatic carbocycles. The number of ether oxygens (including phenoxy) is 1. The molecule has 1 saturated heterocycles. The number of halogens is 1. The number of fused-ring (bicyclic) bond motifs is 1. The summed E-state index contributed by atoms with van der Waals surface area (Å²) < 4.78 is 20.7. The summed E-state index contributed by atoms with van der Waals surface area (Å²) in [6.07, 6.45) is 0. The Balaban J connectivity index is 1.77. The molecule has 1 N–H and O–H groups in total. The van der Waals surface area contributed by atoms with Crippen LogP contribution in [0.5, 0.6) is 0 Å². The van der Waals surface area contributed by atoms with Crippen molar-refractivity contribution >= 4 is 28.5 Å². The topological polar surface area (TPSA) is 93.8 Å². The van der Waals surface area contributed by atoms with E-state index >= 15 is 0 Å². The number of amidine groups is 1. The van der Waals surface area contributed by atoms with Gasteiger partial charge in [-0.15, -0.1) is 0 Å². The first-order valence-corrected chi connectivity index (χ1v) is 10.5. The number of amides is 1. The van der Waals surface area contributed by atoms with E-state index in [1.54, 1.807) is 24.3 Å². The van der Waals surface area contributed by atoms with Crippen LogP contribution in [0.4, 0.5) is 10.1 Å². The van der Waals surface area contributed by atoms with E-state index in [2.05, 4.69) is 5.32 Å². The zero-order chi connectivity index (χ0) is 21.3. The van der Waals surface area contributed by atoms with Gasteiger partial charge in [0.15, 0.2) is 5.17 Å². The van der Waals surface area contributed by atoms with Gasteiger partial charge in [0.25, 0.3) is 11.6 Å². The summed E-state index contributed by atoms with van der Waals surface area (Å²) >= 11 is 1.39. The van der Waals surface area contributed by atoms with Gasteiger partial charge >= 0.3 is 0 Å². The first-order chi connectivity index (χ1) is 14.4. The molecule has 2 aliphatic heterocycles. The summed E-state index contributed by atoms with van der Waals surface area (Å²) in [6, 6.07) is 12.2. The van der Waals surface area contributed by atoms with Gasteiger partial charge < -0.3 is 10.1 Å². The molecular formula is C21H20FN3O4S. The maximum Gasteiger partial charge on any atom is 0.270 e. The average Bonchev–Trinajstić information content (AvgIpc) is 2.74. The highest BCUT2D eigenvalue weighted by molar-refractivity contribution is 8.13. The number of benzene rings is 2. The minimum absolute atomic E-state index is 0.0695. The fraction of sp³-hybridized carbons (Fsp3) is 0.333. The Morgan fingerprint density at radius 2 is 2.10 bits per heavy atom. The van der Waals surface area contributed by atoms with E-state index in [0.717, 1.165) is 12.1 Å². The first kappa shape index (κ1) is 20.5. The van der Waals surface area contributed by atoms with Crippen molar-refractivity contribution in [2.24, 2.45) is 16.8 Å². The van der Waals surface area contributed by atoms with Crippen molar-refractivity contribution < 1.29 is 18.8 Å². The molecule has 2 aromatic rings. The molecule has 0 unspecified atom stereocenters. The predicted octanol–water partition coefficient (Wildman–Crippen LogP) is 3.74. The minimum Gasteiger partial charge on any atom is -0.378 e. The summed E-state index contributed by atoms with van der Waals surface area (Å²) in [5, 5.41) is 14.4. The second-order valence-corrected chi connectivity index (χ2v) is 8.50. The van der Waals surface area contributed by atoms with Crippen LogP contribution in [-0.4, -0.2) is 35.0 Å². The molecule has 1 fully saturated rings. The molecule has 0 aliphatic carbocycles. The third-order valence-corrected chi connectivity index (χ3v) is 6.58. The maximum atomic E-state index is 14.9. The second-order valence-electron chi connectivity index (χ2n) is 7.49. The minimum atomic E-state index is -1.14. The van der Waals surface area contributed by atoms with Crippen LogP contribution >= 0.6 is 11.8 Å². The Hall–Kier alpha value is -2.78. The molecule has 7 nitrogen and oxygen atoms in total. The lowest BCUT2D eigenvalue weighted by Crippen LogP contribution is -2.52. The average molecular weight is 429 g/mol. The SMILES string of the molecule is C[C@@H]1COC[C@]2(c3cc([N+](=O)[O-])ccc3F)N=C(NC(=O)c3ccccc3)SC[C@H]12. The summed E-state index contributed by atoms with van der Waals surface area (Å²) in [4.78, 5) is 28.1. The van der Waals surface area contributed by atoms with E-state index < -0.39 is 16.3 Å². The summed E-state index contributed by atoms with van der Waals surface area (Å²) in [6.45, 7) is 2.59. The van der Waals surface area contributed by atoms with Gasteiger partial charge in [0.1, 0.15) is 11.4 Å². The quantitative estimate of drug-likeness (QED) is 0.593. The van der Waals surface area contributed by atoms with Crippen molar-refractivity contribution in [1.29, 1.82) is 0 Å². The number of non-ortho nitro benzene ring substituents is 1. The highest BCUT2D eigenvalue weighted by atomic mass is 32.2. The van der Waals surface area contributed by atoms with E-state index in [-0.39, 0.29) is 35.6 Å². The number of hydrogen-bond donors (Lipinski definition) is 1. The van der Waals surface area contributed by atoms with E-state index in [4.69, 9.17) is 9.73 Å². The number of rotatable bonds is 3. The van der Waals surface area contributed by atoms with Crippen LogP contribution < -0.4 is 5.32 Å². The van der Waals surface area contributed by atoms with Crippen LogP contribution in [-0.2, 0) is 10.3 Å². The Kier molecular flexibility index (Phi) is 5.57. The maximum absolute atomic E-state index is 14.9. The molecule has 9 heteroatoms. The normalized spacial score (nSPS) is 25.7. The third-order valence-electron chi connectivity index (χ3n) is 5.59. The lowest BCUT2D eigenvalue weighted by Gasteiger charge is -2.47. The van der Waals surface area contributed by atoms with Gasteiger partial charge in [-0.3, -0.25) is 14.9 Å². The lowest BCUT2D eigenvalue weighted by atomic mass is 9.72. The monoisotopic (exact) mass is 429 g/mol. The zero-order valence-corrected chi connectivity index (χ0v) is 17.0. The van der Waals surface area contributed by atoms with Gasteiger partial charge in [-0.1, -0.05) is 36.9 Å². The van der Waals surface area contributed by atoms with Crippen LogP contribution in [0.2, 0.25) is 0 Å². The number of nitro benzene ring substituents is 1. The van der Waals surface area contributed by atoms with Gasteiger partial charge in [-0.2, -0.15) is 0 Å². The van der Waals surface area contributed by atoms with Gasteiger partial charge in [0, 0.05) is 41.5 Å². The fourth-order valence-corrected chi connectivity index (χ4v) is 5.35. The molecule has 0 aromatic heterocycles. The van der Waals surface area contributed by atoms with Gasteiger partial charge in [-0.05, 0) is 24.1 Å². The summed E-state index contributed by atoms with van der Waals surface area (Å²) in [5.74, 6) is -0.335. The van der Waals surface area contributed by atoms with Crippen molar-refractivity contribution in [2.75, 3.05) is 19.0 Å². The highest BCUT2D eigenvalue weighted by Gasteiger charge is 2.50. The fourth-order valence-electron chi connectivity index (χ4n) is 4.01. The molecule has 2 aliphatic rings. The largest absolute Gasteiger partial charge is 0.378 e. The molecule has 0 radical (unpaired) electrons. The number of nitrogens with one attached hydrogen (secondary N) is 1. The second kappa shape index (κ2) is 8.16. The number of hydrogen-bond acceptors (Lipinski definition) is 6. The van der Waals surface area contributed by atoms with Crippen LogP contribution in [0.3, 0.4) is 0 Å². The zero-order valence-electron chi connectivity index (χ0n) is 16.2. The van der Waals surface area contributed by atoms with E-state index in [1.165, 1.54) is 17.8 Å². The molecular weight excluding hydrogens is 409 g/mol. The van der Waals surface area contributed by atoms with E-state index in [1.807, 2.05) is 13.0 Å². The van der Waals surface area contributed by atoms with E-state index in [9.17, 15) is 19.3 Å². The molecule has 30 heavy (non-hydrogen) atoms. The number of carbonyl (C=O) groups excluding carboxylic acids is 1. The molecule has 4 rings (SSSR count). The van der Waals surface area contributed by atoms with Crippen molar-refractivity contribution in [3.8, 4) is 0 Å². The first-order valence-electron chi connectivity index (χ1n) is 9.52. The van der Waals surface area contributed by atoms with E-state index in [0.29, 0.717) is 23.1 Å². The third kappa shape index (κ3) is 3.70. The Labute approximate surface area is 176 Å². The van der Waals surface area contributed by atoms with Crippen LogP contribution in [0.1, 0.15) is 22.8 Å². The van der Waals surface area contributed by atoms with Crippen LogP contribution in [0, 0.1) is 27.8 Å². The molecule has 0 saturated carbocycles. The molecule has 0 bridgehead atoms. The number of nitro groups is 1. The van der Waals surface area contributed by atoms with Gasteiger partial charge in [0.2, 0.25) is 0 Å². The Morgan fingerprint density at radius 3 is 2.83 bits per heavy atom. The summed E-state index contributed by atoms with van der Waals surface area (Å²) in [5.41, 5.74) is -0.744. The molecule has 2 heterocycles. The number of carbonyl (C=O) groups is 1. The van der Waals surface area contributed by atoms with Crippen molar-refractivity contribution in [2.45, 2.75) is 12.5 Å². The predicted molar refractivity (Wildman–Crippen MR) is 112 cm³/mol. The van der Waals surface area contributed by atoms with Gasteiger partial charge in [0.05, 0.1) is 11.5 Å². The number of nitrogens with zero attached hydrogens (tertiary/aromatic N) is 2. The molecule has 0 spiro atoms. The number of thioether (sulfide) groups is 1.